The van der Waals surface area contributed by atoms with Gasteiger partial charge in [-0.25, -0.2) is 4.79 Å². The molecular weight excluding hydrogens is 200 g/mol. The number of hydrogen-bond acceptors (Lipinski definition) is 4. The Morgan fingerprint density at radius 3 is 2.13 bits per heavy atom. The summed E-state index contributed by atoms with van der Waals surface area (Å²) in [5.41, 5.74) is -1.05. The van der Waals surface area contributed by atoms with Crippen molar-refractivity contribution in [2.24, 2.45) is 0 Å². The van der Waals surface area contributed by atoms with Gasteiger partial charge in [0.15, 0.2) is 0 Å². The lowest BCUT2D eigenvalue weighted by atomic mass is 10.0. The summed E-state index contributed by atoms with van der Waals surface area (Å²) in [6.07, 6.45) is 1.04. The fourth-order valence-corrected chi connectivity index (χ4v) is 1.53. The van der Waals surface area contributed by atoms with Crippen LogP contribution in [0.15, 0.2) is 0 Å². The van der Waals surface area contributed by atoms with Crippen LogP contribution in [0.3, 0.4) is 0 Å². The Kier molecular flexibility index (Phi) is 2.88. The number of hydrogen-bond donors (Lipinski definition) is 0. The van der Waals surface area contributed by atoms with Crippen LogP contribution in [0.5, 0.6) is 0 Å². The molecule has 0 atom stereocenters. The van der Waals surface area contributed by atoms with E-state index in [1.54, 1.807) is 13.8 Å². The number of carbonyl (C=O) groups is 4. The van der Waals surface area contributed by atoms with Crippen LogP contribution < -0.4 is 0 Å². The number of amides is 3. The first-order valence-electron chi connectivity index (χ1n) is 4.47. The summed E-state index contributed by atoms with van der Waals surface area (Å²) in [4.78, 5) is 46.0. The predicted octanol–water partition coefficient (Wildman–Crippen LogP) is -0.573. The summed E-state index contributed by atoms with van der Waals surface area (Å²) in [7, 11) is 0. The molecule has 0 aromatic carbocycles. The highest BCUT2D eigenvalue weighted by Crippen LogP contribution is 2.26. The van der Waals surface area contributed by atoms with Crippen molar-refractivity contribution >= 4 is 24.5 Å². The fraction of sp³-hybridized carbons (Fsp3) is 0.556. The molecule has 0 radical (unpaired) electrons. The van der Waals surface area contributed by atoms with E-state index in [1.165, 1.54) is 0 Å². The molecular formula is C9H12N2O4. The summed E-state index contributed by atoms with van der Waals surface area (Å²) in [6, 6.07) is -0.593. The molecule has 15 heavy (non-hydrogen) atoms. The second-order valence-corrected chi connectivity index (χ2v) is 3.70. The van der Waals surface area contributed by atoms with Crippen LogP contribution in [0.2, 0.25) is 0 Å². The van der Waals surface area contributed by atoms with Crippen LogP contribution >= 0.6 is 0 Å². The van der Waals surface area contributed by atoms with Gasteiger partial charge in [0.2, 0.25) is 0 Å². The van der Waals surface area contributed by atoms with Crippen molar-refractivity contribution in [3.8, 4) is 0 Å². The molecule has 3 amide bonds. The van der Waals surface area contributed by atoms with E-state index in [2.05, 4.69) is 0 Å². The van der Waals surface area contributed by atoms with Crippen LogP contribution in [0.1, 0.15) is 13.8 Å². The van der Waals surface area contributed by atoms with E-state index in [0.717, 1.165) is 9.80 Å². The van der Waals surface area contributed by atoms with Crippen molar-refractivity contribution < 1.29 is 19.2 Å². The third kappa shape index (κ3) is 1.62. The SMILES string of the molecule is CC1(C)C(=O)N(CC=O)C(=O)N1CC=O. The lowest BCUT2D eigenvalue weighted by Crippen LogP contribution is -2.45. The highest BCUT2D eigenvalue weighted by Gasteiger charge is 2.50. The Morgan fingerprint density at radius 1 is 1.13 bits per heavy atom. The summed E-state index contributed by atoms with van der Waals surface area (Å²) in [6.45, 7) is 2.67. The molecule has 1 aliphatic rings. The van der Waals surface area contributed by atoms with Crippen molar-refractivity contribution in [2.75, 3.05) is 13.1 Å². The van der Waals surface area contributed by atoms with Gasteiger partial charge in [0, 0.05) is 0 Å². The molecule has 0 aliphatic carbocycles. The maximum absolute atomic E-state index is 11.7. The monoisotopic (exact) mass is 212 g/mol. The van der Waals surface area contributed by atoms with Gasteiger partial charge in [-0.15, -0.1) is 0 Å². The van der Waals surface area contributed by atoms with E-state index in [0.29, 0.717) is 12.6 Å². The Bertz CT molecular complexity index is 324. The number of rotatable bonds is 4. The number of carbonyl (C=O) groups excluding carboxylic acids is 4. The maximum Gasteiger partial charge on any atom is 0.328 e. The van der Waals surface area contributed by atoms with Gasteiger partial charge in [-0.3, -0.25) is 9.69 Å². The molecule has 0 saturated carbocycles. The van der Waals surface area contributed by atoms with Gasteiger partial charge in [-0.1, -0.05) is 0 Å². The second kappa shape index (κ2) is 3.80. The first-order chi connectivity index (χ1) is 6.96. The van der Waals surface area contributed by atoms with E-state index < -0.39 is 17.5 Å². The summed E-state index contributed by atoms with van der Waals surface area (Å²) in [5, 5.41) is 0. The molecule has 6 nitrogen and oxygen atoms in total. The molecule has 0 N–H and O–H groups in total. The highest BCUT2D eigenvalue weighted by molar-refractivity contribution is 6.08. The van der Waals surface area contributed by atoms with Crippen molar-refractivity contribution in [3.05, 3.63) is 0 Å². The van der Waals surface area contributed by atoms with E-state index in [4.69, 9.17) is 0 Å². The number of aldehydes is 2. The number of nitrogens with zero attached hydrogens (tertiary/aromatic N) is 2. The molecule has 1 heterocycles. The van der Waals surface area contributed by atoms with Gasteiger partial charge in [0.25, 0.3) is 5.91 Å². The Balaban J connectivity index is 3.01. The summed E-state index contributed by atoms with van der Waals surface area (Å²) >= 11 is 0. The lowest BCUT2D eigenvalue weighted by Gasteiger charge is -2.25. The molecule has 0 unspecified atom stereocenters. The fourth-order valence-electron chi connectivity index (χ4n) is 1.53. The molecule has 1 fully saturated rings. The minimum absolute atomic E-state index is 0.146. The van der Waals surface area contributed by atoms with Crippen LogP contribution in [0.4, 0.5) is 4.79 Å². The maximum atomic E-state index is 11.7. The zero-order valence-electron chi connectivity index (χ0n) is 8.60. The highest BCUT2D eigenvalue weighted by atomic mass is 16.2. The molecule has 82 valence electrons. The normalized spacial score (nSPS) is 19.6. The quantitative estimate of drug-likeness (QED) is 0.462. The van der Waals surface area contributed by atoms with E-state index >= 15 is 0 Å². The minimum atomic E-state index is -1.05. The van der Waals surface area contributed by atoms with Gasteiger partial charge in [-0.2, -0.15) is 0 Å². The zero-order chi connectivity index (χ0) is 11.6. The molecule has 0 spiro atoms. The topological polar surface area (TPSA) is 74.8 Å². The van der Waals surface area contributed by atoms with Gasteiger partial charge < -0.3 is 14.5 Å². The van der Waals surface area contributed by atoms with Gasteiger partial charge >= 0.3 is 6.03 Å². The lowest BCUT2D eigenvalue weighted by molar-refractivity contribution is -0.133. The van der Waals surface area contributed by atoms with Crippen molar-refractivity contribution in [3.63, 3.8) is 0 Å². The molecule has 6 heteroatoms. The Hall–Kier alpha value is -1.72. The Morgan fingerprint density at radius 2 is 1.67 bits per heavy atom. The predicted molar refractivity (Wildman–Crippen MR) is 50.0 cm³/mol. The average Bonchev–Trinajstić information content (AvgIpc) is 2.33. The molecule has 1 rings (SSSR count). The van der Waals surface area contributed by atoms with Crippen molar-refractivity contribution in [1.29, 1.82) is 0 Å². The minimum Gasteiger partial charge on any atom is -0.303 e. The van der Waals surface area contributed by atoms with Gasteiger partial charge in [0.05, 0.1) is 13.1 Å². The first kappa shape index (κ1) is 11.4. The van der Waals surface area contributed by atoms with Crippen molar-refractivity contribution in [1.82, 2.24) is 9.80 Å². The van der Waals surface area contributed by atoms with Crippen molar-refractivity contribution in [2.45, 2.75) is 19.4 Å². The third-order valence-electron chi connectivity index (χ3n) is 2.42. The largest absolute Gasteiger partial charge is 0.328 e. The van der Waals surface area contributed by atoms with Gasteiger partial charge in [-0.05, 0) is 13.8 Å². The average molecular weight is 212 g/mol. The number of urea groups is 1. The zero-order valence-corrected chi connectivity index (χ0v) is 8.60. The smallest absolute Gasteiger partial charge is 0.303 e. The third-order valence-corrected chi connectivity index (χ3v) is 2.42. The summed E-state index contributed by atoms with van der Waals surface area (Å²) < 4.78 is 0. The molecule has 1 aliphatic heterocycles. The molecule has 0 aromatic rings. The van der Waals surface area contributed by atoms with Crippen LogP contribution in [-0.4, -0.2) is 52.9 Å². The van der Waals surface area contributed by atoms with Gasteiger partial charge in [0.1, 0.15) is 18.1 Å². The number of imide groups is 1. The second-order valence-electron chi connectivity index (χ2n) is 3.70. The molecule has 1 saturated heterocycles. The van der Waals surface area contributed by atoms with Crippen LogP contribution in [0, 0.1) is 0 Å². The first-order valence-corrected chi connectivity index (χ1v) is 4.47. The van der Waals surface area contributed by atoms with Crippen LogP contribution in [-0.2, 0) is 14.4 Å². The van der Waals surface area contributed by atoms with E-state index in [1.807, 2.05) is 0 Å². The van der Waals surface area contributed by atoms with Crippen LogP contribution in [0.25, 0.3) is 0 Å². The van der Waals surface area contributed by atoms with E-state index in [9.17, 15) is 19.2 Å². The standard InChI is InChI=1S/C9H12N2O4/c1-9(2)7(14)10(3-5-12)8(15)11(9)4-6-13/h5-6H,3-4H2,1-2H3. The molecule has 0 aromatic heterocycles. The van der Waals surface area contributed by atoms with E-state index in [-0.39, 0.29) is 13.1 Å². The summed E-state index contributed by atoms with van der Waals surface area (Å²) in [5.74, 6) is -0.457. The molecule has 0 bridgehead atoms. The Labute approximate surface area is 86.8 Å².